The third-order valence-corrected chi connectivity index (χ3v) is 6.88. The highest BCUT2D eigenvalue weighted by Gasteiger charge is 2.49. The number of methoxy groups -OCH3 is 3. The Kier molecular flexibility index (Phi) is 5.58. The third kappa shape index (κ3) is 3.11. The summed E-state index contributed by atoms with van der Waals surface area (Å²) in [6.07, 6.45) is 3.99. The van der Waals surface area contributed by atoms with E-state index in [1.54, 1.807) is 14.2 Å². The summed E-state index contributed by atoms with van der Waals surface area (Å²) < 4.78 is 15.9. The number of nitrogens with zero attached hydrogens (tertiary/aromatic N) is 1. The standard InChI is InChI=1S/C23H29BN2O4/c1-5-14-12-26-10-9-15-20-18(7-6-8-19(20)29-3)25-21(15)23(26,24)11-16(14)17(13-28-2)22(27)30-4/h6-8,13-14,16,25H,5,9-12H2,1-4H3/b17-13+/t14-,16+,23+/m1/s1. The van der Waals surface area contributed by atoms with E-state index in [0.717, 1.165) is 48.3 Å². The maximum atomic E-state index is 12.5. The molecule has 1 aromatic heterocycles. The molecule has 3 heterocycles. The minimum absolute atomic E-state index is 0.0529. The first-order valence-electron chi connectivity index (χ1n) is 10.5. The first-order chi connectivity index (χ1) is 14.5. The van der Waals surface area contributed by atoms with E-state index in [1.807, 2.05) is 12.1 Å². The van der Waals surface area contributed by atoms with Crippen molar-refractivity contribution in [3.63, 3.8) is 0 Å². The minimum Gasteiger partial charge on any atom is -0.504 e. The van der Waals surface area contributed by atoms with Crippen molar-refractivity contribution in [2.45, 2.75) is 31.6 Å². The number of fused-ring (bicyclic) bond motifs is 5. The molecule has 30 heavy (non-hydrogen) atoms. The van der Waals surface area contributed by atoms with E-state index in [2.05, 4.69) is 22.9 Å². The lowest BCUT2D eigenvalue weighted by Gasteiger charge is -2.54. The van der Waals surface area contributed by atoms with E-state index >= 15 is 0 Å². The predicted molar refractivity (Wildman–Crippen MR) is 117 cm³/mol. The number of piperidine rings is 1. The van der Waals surface area contributed by atoms with Crippen molar-refractivity contribution in [2.24, 2.45) is 11.8 Å². The SMILES string of the molecule is [B][C@@]12C[C@H](/C(=C\OC)C(=O)OC)[C@H](CC)CN1CCc1c2[nH]c2cccc(OC)c12. The van der Waals surface area contributed by atoms with Crippen molar-refractivity contribution in [3.8, 4) is 5.75 Å². The summed E-state index contributed by atoms with van der Waals surface area (Å²) in [4.78, 5) is 18.5. The molecular weight excluding hydrogens is 379 g/mol. The summed E-state index contributed by atoms with van der Waals surface area (Å²) in [5.41, 5.74) is 3.12. The molecule has 1 saturated heterocycles. The fourth-order valence-electron chi connectivity index (χ4n) is 5.38. The zero-order valence-electron chi connectivity index (χ0n) is 18.2. The van der Waals surface area contributed by atoms with Crippen LogP contribution in [-0.2, 0) is 26.1 Å². The molecule has 4 rings (SSSR count). The van der Waals surface area contributed by atoms with E-state index in [4.69, 9.17) is 22.1 Å². The van der Waals surface area contributed by atoms with Crippen LogP contribution in [0.15, 0.2) is 30.0 Å². The highest BCUT2D eigenvalue weighted by atomic mass is 16.5. The average molecular weight is 408 g/mol. The minimum atomic E-state index is -0.700. The van der Waals surface area contributed by atoms with Gasteiger partial charge in [-0.05, 0) is 42.4 Å². The molecule has 1 fully saturated rings. The number of hydrogen-bond donors (Lipinski definition) is 1. The molecule has 1 aromatic carbocycles. The number of carbonyl (C=O) groups excluding carboxylic acids is 1. The van der Waals surface area contributed by atoms with Crippen LogP contribution < -0.4 is 4.74 Å². The van der Waals surface area contributed by atoms with E-state index in [-0.39, 0.29) is 11.9 Å². The number of H-pyrrole nitrogens is 1. The Labute approximate surface area is 179 Å². The lowest BCUT2D eigenvalue weighted by molar-refractivity contribution is -0.137. The fraction of sp³-hybridized carbons (Fsp3) is 0.522. The Morgan fingerprint density at radius 3 is 2.83 bits per heavy atom. The van der Waals surface area contributed by atoms with Gasteiger partial charge in [-0.3, -0.25) is 4.90 Å². The molecule has 0 aliphatic carbocycles. The summed E-state index contributed by atoms with van der Waals surface area (Å²) >= 11 is 0. The monoisotopic (exact) mass is 408 g/mol. The van der Waals surface area contributed by atoms with Gasteiger partial charge in [0.2, 0.25) is 0 Å². The fourth-order valence-corrected chi connectivity index (χ4v) is 5.38. The first kappa shape index (κ1) is 20.9. The first-order valence-corrected chi connectivity index (χ1v) is 10.5. The van der Waals surface area contributed by atoms with Gasteiger partial charge >= 0.3 is 5.97 Å². The number of rotatable bonds is 5. The van der Waals surface area contributed by atoms with Gasteiger partial charge in [-0.1, -0.05) is 19.4 Å². The molecule has 2 aliphatic rings. The van der Waals surface area contributed by atoms with Crippen LogP contribution in [0.5, 0.6) is 5.75 Å². The second-order valence-corrected chi connectivity index (χ2v) is 8.26. The van der Waals surface area contributed by atoms with Gasteiger partial charge in [-0.2, -0.15) is 0 Å². The van der Waals surface area contributed by atoms with Crippen LogP contribution in [0, 0.1) is 11.8 Å². The molecule has 0 unspecified atom stereocenters. The van der Waals surface area contributed by atoms with Gasteiger partial charge in [0, 0.05) is 35.1 Å². The number of esters is 1. The van der Waals surface area contributed by atoms with Crippen molar-refractivity contribution in [1.82, 2.24) is 9.88 Å². The molecule has 2 radical (unpaired) electrons. The van der Waals surface area contributed by atoms with Crippen LogP contribution in [-0.4, -0.2) is 58.1 Å². The quantitative estimate of drug-likeness (QED) is 0.357. The molecule has 2 aliphatic heterocycles. The van der Waals surface area contributed by atoms with Crippen LogP contribution in [0.1, 0.15) is 31.0 Å². The summed E-state index contributed by atoms with van der Waals surface area (Å²) in [5.74, 6) is 0.743. The number of aromatic amines is 1. The zero-order chi connectivity index (χ0) is 21.5. The number of carbonyl (C=O) groups is 1. The van der Waals surface area contributed by atoms with Crippen molar-refractivity contribution in [1.29, 1.82) is 0 Å². The summed E-state index contributed by atoms with van der Waals surface area (Å²) in [6.45, 7) is 3.85. The zero-order valence-corrected chi connectivity index (χ0v) is 18.2. The maximum Gasteiger partial charge on any atom is 0.337 e. The van der Waals surface area contributed by atoms with Crippen molar-refractivity contribution < 1.29 is 19.0 Å². The normalized spacial score (nSPS) is 26.7. The highest BCUT2D eigenvalue weighted by Crippen LogP contribution is 2.49. The molecule has 0 saturated carbocycles. The van der Waals surface area contributed by atoms with Gasteiger partial charge in [0.25, 0.3) is 0 Å². The molecule has 7 heteroatoms. The van der Waals surface area contributed by atoms with Gasteiger partial charge in [-0.15, -0.1) is 0 Å². The number of ether oxygens (including phenoxy) is 3. The van der Waals surface area contributed by atoms with E-state index in [9.17, 15) is 4.79 Å². The van der Waals surface area contributed by atoms with Gasteiger partial charge in [0.1, 0.15) is 13.6 Å². The Morgan fingerprint density at radius 2 is 2.17 bits per heavy atom. The Hall–Kier alpha value is -2.41. The number of hydrogen-bond acceptors (Lipinski definition) is 5. The lowest BCUT2D eigenvalue weighted by Crippen LogP contribution is -2.58. The Bertz CT molecular complexity index is 985. The van der Waals surface area contributed by atoms with E-state index < -0.39 is 5.44 Å². The molecule has 3 atom stereocenters. The highest BCUT2D eigenvalue weighted by molar-refractivity contribution is 6.16. The lowest BCUT2D eigenvalue weighted by atomic mass is 9.59. The second-order valence-electron chi connectivity index (χ2n) is 8.26. The van der Waals surface area contributed by atoms with E-state index in [1.165, 1.54) is 18.9 Å². The number of benzene rings is 1. The maximum absolute atomic E-state index is 12.5. The van der Waals surface area contributed by atoms with Crippen molar-refractivity contribution in [2.75, 3.05) is 34.4 Å². The number of aromatic nitrogens is 1. The van der Waals surface area contributed by atoms with Crippen molar-refractivity contribution >= 4 is 24.7 Å². The smallest absolute Gasteiger partial charge is 0.337 e. The van der Waals surface area contributed by atoms with Gasteiger partial charge in [0.05, 0.1) is 33.2 Å². The second kappa shape index (κ2) is 8.02. The van der Waals surface area contributed by atoms with Gasteiger partial charge in [-0.25, -0.2) is 4.79 Å². The predicted octanol–water partition coefficient (Wildman–Crippen LogP) is 3.11. The van der Waals surface area contributed by atoms with Crippen LogP contribution in [0.3, 0.4) is 0 Å². The largest absolute Gasteiger partial charge is 0.504 e. The Balaban J connectivity index is 1.82. The van der Waals surface area contributed by atoms with Crippen LogP contribution in [0.25, 0.3) is 10.9 Å². The molecule has 158 valence electrons. The van der Waals surface area contributed by atoms with E-state index in [0.29, 0.717) is 17.9 Å². The third-order valence-electron chi connectivity index (χ3n) is 6.88. The van der Waals surface area contributed by atoms with Crippen LogP contribution in [0.4, 0.5) is 0 Å². The number of nitrogens with one attached hydrogen (secondary N) is 1. The average Bonchev–Trinajstić information content (AvgIpc) is 3.16. The Morgan fingerprint density at radius 1 is 1.37 bits per heavy atom. The molecule has 1 N–H and O–H groups in total. The summed E-state index contributed by atoms with van der Waals surface area (Å²) in [5, 5.41) is 1.11. The van der Waals surface area contributed by atoms with Crippen LogP contribution in [0.2, 0.25) is 0 Å². The molecule has 2 aromatic rings. The summed E-state index contributed by atoms with van der Waals surface area (Å²) in [6, 6.07) is 6.03. The molecule has 0 bridgehead atoms. The molecule has 0 spiro atoms. The topological polar surface area (TPSA) is 63.8 Å². The van der Waals surface area contributed by atoms with Crippen molar-refractivity contribution in [3.05, 3.63) is 41.3 Å². The van der Waals surface area contributed by atoms with Gasteiger partial charge in [0.15, 0.2) is 0 Å². The van der Waals surface area contributed by atoms with Gasteiger partial charge < -0.3 is 19.2 Å². The molecule has 0 amide bonds. The molecule has 6 nitrogen and oxygen atoms in total. The summed E-state index contributed by atoms with van der Waals surface area (Å²) in [7, 11) is 11.8. The van der Waals surface area contributed by atoms with Crippen LogP contribution >= 0.6 is 0 Å². The molecular formula is C23H29BN2O4.